The average molecular weight is 358 g/mol. The lowest BCUT2D eigenvalue weighted by Crippen LogP contribution is -2.38. The molecule has 25 heavy (non-hydrogen) atoms. The molecule has 0 saturated carbocycles. The van der Waals surface area contributed by atoms with Crippen LogP contribution in [0, 0.1) is 0 Å². The molecule has 0 radical (unpaired) electrons. The van der Waals surface area contributed by atoms with Crippen LogP contribution in [0.1, 0.15) is 31.9 Å². The molecule has 1 aromatic heterocycles. The van der Waals surface area contributed by atoms with Gasteiger partial charge in [-0.25, -0.2) is 4.79 Å². The van der Waals surface area contributed by atoms with Crippen molar-refractivity contribution in [3.05, 3.63) is 58.5 Å². The number of carbonyl (C=O) groups excluding carboxylic acids is 2. The van der Waals surface area contributed by atoms with E-state index in [-0.39, 0.29) is 12.3 Å². The summed E-state index contributed by atoms with van der Waals surface area (Å²) >= 11 is 6.22. The van der Waals surface area contributed by atoms with E-state index in [1.165, 1.54) is 0 Å². The number of amides is 1. The molecule has 3 heterocycles. The van der Waals surface area contributed by atoms with Crippen LogP contribution in [-0.2, 0) is 14.3 Å². The number of carbonyl (C=O) groups is 2. The molecular weight excluding hydrogens is 342 g/mol. The maximum atomic E-state index is 12.4. The molecule has 1 atom stereocenters. The van der Waals surface area contributed by atoms with Crippen LogP contribution in [0.4, 0.5) is 0 Å². The van der Waals surface area contributed by atoms with E-state index in [9.17, 15) is 9.59 Å². The largest absolute Gasteiger partial charge is 0.460 e. The molecule has 2 aliphatic heterocycles. The first-order valence-electron chi connectivity index (χ1n) is 7.99. The van der Waals surface area contributed by atoms with E-state index in [0.29, 0.717) is 27.8 Å². The fraction of sp³-hybridized carbons (Fsp3) is 0.263. The molecule has 0 unspecified atom stereocenters. The molecule has 0 bridgehead atoms. The second-order valence-corrected chi connectivity index (χ2v) is 7.08. The Labute approximate surface area is 149 Å². The number of cyclic esters (lactones) is 1. The van der Waals surface area contributed by atoms with Crippen LogP contribution in [0.5, 0.6) is 0 Å². The van der Waals surface area contributed by atoms with Gasteiger partial charge in [-0.3, -0.25) is 4.79 Å². The zero-order valence-electron chi connectivity index (χ0n) is 13.8. The maximum absolute atomic E-state index is 12.4. The molecule has 6 heteroatoms. The van der Waals surface area contributed by atoms with E-state index in [1.807, 2.05) is 18.2 Å². The third-order valence-corrected chi connectivity index (χ3v) is 4.88. The van der Waals surface area contributed by atoms with Crippen molar-refractivity contribution in [2.75, 3.05) is 0 Å². The Kier molecular flexibility index (Phi) is 3.51. The summed E-state index contributed by atoms with van der Waals surface area (Å²) in [5, 5.41) is 3.35. The molecule has 4 rings (SSSR count). The normalized spacial score (nSPS) is 21.8. The maximum Gasteiger partial charge on any atom is 0.337 e. The van der Waals surface area contributed by atoms with Crippen LogP contribution in [0.3, 0.4) is 0 Å². The van der Waals surface area contributed by atoms with Crippen molar-refractivity contribution in [3.63, 3.8) is 0 Å². The van der Waals surface area contributed by atoms with Crippen molar-refractivity contribution in [2.24, 2.45) is 0 Å². The second kappa shape index (κ2) is 5.49. The van der Waals surface area contributed by atoms with Gasteiger partial charge in [-0.05, 0) is 38.1 Å². The van der Waals surface area contributed by atoms with E-state index in [4.69, 9.17) is 20.8 Å². The molecule has 2 aliphatic rings. The van der Waals surface area contributed by atoms with Crippen molar-refractivity contribution in [1.82, 2.24) is 5.32 Å². The summed E-state index contributed by atoms with van der Waals surface area (Å²) in [6.07, 6.45) is 0.138. The fourth-order valence-corrected chi connectivity index (χ4v) is 3.59. The van der Waals surface area contributed by atoms with Gasteiger partial charge in [0.1, 0.15) is 17.1 Å². The predicted molar refractivity (Wildman–Crippen MR) is 91.9 cm³/mol. The molecule has 0 saturated heterocycles. The van der Waals surface area contributed by atoms with Gasteiger partial charge in [-0.2, -0.15) is 0 Å². The number of hydrogen-bond acceptors (Lipinski definition) is 4. The molecule has 1 amide bonds. The Morgan fingerprint density at radius 3 is 2.68 bits per heavy atom. The van der Waals surface area contributed by atoms with Gasteiger partial charge in [0, 0.05) is 12.0 Å². The van der Waals surface area contributed by atoms with Gasteiger partial charge in [0.2, 0.25) is 5.91 Å². The minimum absolute atomic E-state index is 0.138. The van der Waals surface area contributed by atoms with Crippen LogP contribution >= 0.6 is 11.6 Å². The highest BCUT2D eigenvalue weighted by Crippen LogP contribution is 2.43. The zero-order valence-corrected chi connectivity index (χ0v) is 14.5. The van der Waals surface area contributed by atoms with Crippen molar-refractivity contribution >= 4 is 23.5 Å². The SMILES string of the molecule is CC1(C)OC(=O)C2=C1NC(=O)C[C@H]2c1ccc(-c2ccccc2Cl)o1. The van der Waals surface area contributed by atoms with E-state index < -0.39 is 17.5 Å². The summed E-state index contributed by atoms with van der Waals surface area (Å²) in [7, 11) is 0. The highest BCUT2D eigenvalue weighted by molar-refractivity contribution is 6.33. The molecule has 0 fully saturated rings. The van der Waals surface area contributed by atoms with Gasteiger partial charge in [0.05, 0.1) is 22.2 Å². The highest BCUT2D eigenvalue weighted by Gasteiger charge is 2.48. The number of benzene rings is 1. The Bertz CT molecular complexity index is 925. The number of nitrogens with one attached hydrogen (secondary N) is 1. The summed E-state index contributed by atoms with van der Waals surface area (Å²) in [5.74, 6) is 0.104. The number of hydrogen-bond donors (Lipinski definition) is 1. The second-order valence-electron chi connectivity index (χ2n) is 6.68. The molecule has 2 aromatic rings. The van der Waals surface area contributed by atoms with Gasteiger partial charge in [-0.15, -0.1) is 0 Å². The molecule has 0 spiro atoms. The Morgan fingerprint density at radius 1 is 1.16 bits per heavy atom. The van der Waals surface area contributed by atoms with E-state index in [1.54, 1.807) is 32.0 Å². The van der Waals surface area contributed by atoms with Crippen LogP contribution in [0.15, 0.2) is 52.1 Å². The van der Waals surface area contributed by atoms with Crippen molar-refractivity contribution in [2.45, 2.75) is 31.8 Å². The first-order chi connectivity index (χ1) is 11.9. The predicted octanol–water partition coefficient (Wildman–Crippen LogP) is 3.79. The fourth-order valence-electron chi connectivity index (χ4n) is 3.37. The molecule has 1 aromatic carbocycles. The number of esters is 1. The number of rotatable bonds is 2. The van der Waals surface area contributed by atoms with Crippen LogP contribution in [0.25, 0.3) is 11.3 Å². The smallest absolute Gasteiger partial charge is 0.337 e. The van der Waals surface area contributed by atoms with E-state index in [2.05, 4.69) is 5.32 Å². The summed E-state index contributed by atoms with van der Waals surface area (Å²) in [6, 6.07) is 10.9. The number of ether oxygens (including phenoxy) is 1. The number of halogens is 1. The Balaban J connectivity index is 1.77. The first-order valence-corrected chi connectivity index (χ1v) is 8.37. The molecule has 128 valence electrons. The summed E-state index contributed by atoms with van der Waals surface area (Å²) in [6.45, 7) is 3.51. The van der Waals surface area contributed by atoms with Crippen molar-refractivity contribution in [3.8, 4) is 11.3 Å². The third kappa shape index (κ3) is 2.55. The zero-order chi connectivity index (χ0) is 17.8. The Hall–Kier alpha value is -2.53. The molecule has 5 nitrogen and oxygen atoms in total. The van der Waals surface area contributed by atoms with Gasteiger partial charge >= 0.3 is 5.97 Å². The minimum atomic E-state index is -0.848. The minimum Gasteiger partial charge on any atom is -0.460 e. The molecule has 1 N–H and O–H groups in total. The molecule has 0 aliphatic carbocycles. The van der Waals surface area contributed by atoms with Crippen LogP contribution in [-0.4, -0.2) is 17.5 Å². The monoisotopic (exact) mass is 357 g/mol. The van der Waals surface area contributed by atoms with Gasteiger partial charge in [0.15, 0.2) is 0 Å². The summed E-state index contributed by atoms with van der Waals surface area (Å²) in [4.78, 5) is 24.5. The standard InChI is InChI=1S/C19H16ClNO4/c1-19(2)17-16(18(23)25-19)11(9-15(22)21-17)14-8-7-13(24-14)10-5-3-4-6-12(10)20/h3-8,11H,9H2,1-2H3,(H,21,22)/t11-/m0/s1. The van der Waals surface area contributed by atoms with Gasteiger partial charge in [-0.1, -0.05) is 23.7 Å². The van der Waals surface area contributed by atoms with E-state index >= 15 is 0 Å². The lowest BCUT2D eigenvalue weighted by molar-refractivity contribution is -0.144. The lowest BCUT2D eigenvalue weighted by atomic mass is 9.86. The first kappa shape index (κ1) is 16.0. The quantitative estimate of drug-likeness (QED) is 0.830. The lowest BCUT2D eigenvalue weighted by Gasteiger charge is -2.26. The average Bonchev–Trinajstić information content (AvgIpc) is 3.11. The highest BCUT2D eigenvalue weighted by atomic mass is 35.5. The van der Waals surface area contributed by atoms with Crippen LogP contribution in [0.2, 0.25) is 5.02 Å². The molecular formula is C19H16ClNO4. The van der Waals surface area contributed by atoms with Crippen molar-refractivity contribution in [1.29, 1.82) is 0 Å². The summed E-state index contributed by atoms with van der Waals surface area (Å²) < 4.78 is 11.4. The van der Waals surface area contributed by atoms with Crippen molar-refractivity contribution < 1.29 is 18.7 Å². The third-order valence-electron chi connectivity index (χ3n) is 4.55. The topological polar surface area (TPSA) is 68.5 Å². The van der Waals surface area contributed by atoms with Gasteiger partial charge in [0.25, 0.3) is 0 Å². The van der Waals surface area contributed by atoms with Crippen LogP contribution < -0.4 is 5.32 Å². The Morgan fingerprint density at radius 2 is 1.92 bits per heavy atom. The van der Waals surface area contributed by atoms with Gasteiger partial charge < -0.3 is 14.5 Å². The number of furan rings is 1. The van der Waals surface area contributed by atoms with E-state index in [0.717, 1.165) is 5.56 Å². The summed E-state index contributed by atoms with van der Waals surface area (Å²) in [5.41, 5.74) is 0.900.